The van der Waals surface area contributed by atoms with Crippen LogP contribution in [-0.4, -0.2) is 18.4 Å². The van der Waals surface area contributed by atoms with E-state index in [9.17, 15) is 9.59 Å². The van der Waals surface area contributed by atoms with Gasteiger partial charge in [0.1, 0.15) is 5.75 Å². The van der Waals surface area contributed by atoms with Gasteiger partial charge in [0.2, 0.25) is 0 Å². The van der Waals surface area contributed by atoms with E-state index >= 15 is 0 Å². The maximum atomic E-state index is 11.8. The van der Waals surface area contributed by atoms with Crippen molar-refractivity contribution < 1.29 is 14.3 Å². The Morgan fingerprint density at radius 2 is 1.96 bits per heavy atom. The minimum absolute atomic E-state index is 0.170. The third kappa shape index (κ3) is 5.07. The minimum Gasteiger partial charge on any atom is -0.483 e. The van der Waals surface area contributed by atoms with Crippen LogP contribution < -0.4 is 15.6 Å². The lowest BCUT2D eigenvalue weighted by Gasteiger charge is -2.13. The largest absolute Gasteiger partial charge is 0.483 e. The Kier molecular flexibility index (Phi) is 6.39. The Morgan fingerprint density at radius 3 is 2.58 bits per heavy atom. The van der Waals surface area contributed by atoms with Crippen molar-refractivity contribution in [2.24, 2.45) is 0 Å². The molecule has 2 rings (SSSR count). The van der Waals surface area contributed by atoms with Gasteiger partial charge in [-0.15, -0.1) is 11.3 Å². The molecule has 0 fully saturated rings. The Hall–Kier alpha value is -1.86. The zero-order chi connectivity index (χ0) is 17.7. The number of ether oxygens (including phenoxy) is 1. The summed E-state index contributed by atoms with van der Waals surface area (Å²) in [5, 5.41) is 0. The second kappa shape index (κ2) is 8.30. The molecule has 0 saturated carbocycles. The lowest BCUT2D eigenvalue weighted by Crippen LogP contribution is -2.43. The maximum absolute atomic E-state index is 11.8. The summed E-state index contributed by atoms with van der Waals surface area (Å²) in [7, 11) is 0. The van der Waals surface area contributed by atoms with Gasteiger partial charge in [-0.1, -0.05) is 26.0 Å². The number of hydrazine groups is 1. The number of halogens is 1. The third-order valence-corrected chi connectivity index (χ3v) is 4.97. The summed E-state index contributed by atoms with van der Waals surface area (Å²) in [6.07, 6.45) is 0. The van der Waals surface area contributed by atoms with Crippen molar-refractivity contribution in [3.05, 3.63) is 50.1 Å². The molecule has 1 aromatic carbocycles. The van der Waals surface area contributed by atoms with Crippen LogP contribution in [0.5, 0.6) is 5.75 Å². The molecule has 0 spiro atoms. The van der Waals surface area contributed by atoms with Crippen LogP contribution in [0.4, 0.5) is 0 Å². The summed E-state index contributed by atoms with van der Waals surface area (Å²) in [6, 6.07) is 9.41. The van der Waals surface area contributed by atoms with Gasteiger partial charge in [-0.2, -0.15) is 0 Å². The molecule has 0 aliphatic heterocycles. The molecule has 5 nitrogen and oxygen atoms in total. The summed E-state index contributed by atoms with van der Waals surface area (Å²) < 4.78 is 6.41. The van der Waals surface area contributed by atoms with Crippen molar-refractivity contribution in [1.29, 1.82) is 0 Å². The van der Waals surface area contributed by atoms with Crippen LogP contribution in [0.2, 0.25) is 0 Å². The van der Waals surface area contributed by atoms with Gasteiger partial charge < -0.3 is 4.74 Å². The van der Waals surface area contributed by atoms with E-state index < -0.39 is 5.91 Å². The number of amides is 2. The van der Waals surface area contributed by atoms with Crippen LogP contribution in [0.25, 0.3) is 0 Å². The summed E-state index contributed by atoms with van der Waals surface area (Å²) in [5.74, 6) is 0.265. The standard InChI is InChI=1S/C17H19BrN2O3S/c1-10(2)12-5-4-11(3)13(8-12)23-9-16(21)19-20-17(22)14-6-7-15(18)24-14/h4-8,10H,9H2,1-3H3,(H,19,21)(H,20,22). The highest BCUT2D eigenvalue weighted by molar-refractivity contribution is 9.11. The second-order valence-electron chi connectivity index (χ2n) is 5.57. The monoisotopic (exact) mass is 410 g/mol. The molecule has 0 unspecified atom stereocenters. The van der Waals surface area contributed by atoms with Crippen molar-refractivity contribution in [2.45, 2.75) is 26.7 Å². The van der Waals surface area contributed by atoms with E-state index in [-0.39, 0.29) is 12.5 Å². The SMILES string of the molecule is Cc1ccc(C(C)C)cc1OCC(=O)NNC(=O)c1ccc(Br)s1. The first-order valence-corrected chi connectivity index (χ1v) is 9.05. The first-order chi connectivity index (χ1) is 11.4. The fourth-order valence-corrected chi connectivity index (χ4v) is 3.22. The fraction of sp³-hybridized carbons (Fsp3) is 0.294. The van der Waals surface area contributed by atoms with Crippen molar-refractivity contribution >= 4 is 39.1 Å². The molecule has 0 saturated heterocycles. The molecule has 0 atom stereocenters. The number of thiophene rings is 1. The molecule has 2 amide bonds. The van der Waals surface area contributed by atoms with Crippen LogP contribution in [0.15, 0.2) is 34.1 Å². The number of benzene rings is 1. The average Bonchev–Trinajstić information content (AvgIpc) is 2.98. The number of nitrogens with one attached hydrogen (secondary N) is 2. The van der Waals surface area contributed by atoms with E-state index in [1.807, 2.05) is 25.1 Å². The normalized spacial score (nSPS) is 10.5. The molecule has 1 heterocycles. The Bertz CT molecular complexity index is 743. The summed E-state index contributed by atoms with van der Waals surface area (Å²) in [5.41, 5.74) is 6.81. The van der Waals surface area contributed by atoms with Gasteiger partial charge in [0.15, 0.2) is 6.61 Å². The highest BCUT2D eigenvalue weighted by Gasteiger charge is 2.11. The first kappa shape index (κ1) is 18.5. The lowest BCUT2D eigenvalue weighted by atomic mass is 10.0. The molecule has 0 radical (unpaired) electrons. The van der Waals surface area contributed by atoms with E-state index in [2.05, 4.69) is 40.6 Å². The van der Waals surface area contributed by atoms with Crippen LogP contribution in [0.3, 0.4) is 0 Å². The second-order valence-corrected chi connectivity index (χ2v) is 8.04. The van der Waals surface area contributed by atoms with Gasteiger partial charge in [0, 0.05) is 0 Å². The molecule has 24 heavy (non-hydrogen) atoms. The Labute approximate surface area is 153 Å². The highest BCUT2D eigenvalue weighted by atomic mass is 79.9. The van der Waals surface area contributed by atoms with Crippen molar-refractivity contribution in [3.8, 4) is 5.75 Å². The number of carbonyl (C=O) groups is 2. The van der Waals surface area contributed by atoms with Crippen molar-refractivity contribution in [2.75, 3.05) is 6.61 Å². The third-order valence-electron chi connectivity index (χ3n) is 3.35. The highest BCUT2D eigenvalue weighted by Crippen LogP contribution is 2.24. The Morgan fingerprint density at radius 1 is 1.21 bits per heavy atom. The fourth-order valence-electron chi connectivity index (χ4n) is 1.94. The van der Waals surface area contributed by atoms with Crippen molar-refractivity contribution in [1.82, 2.24) is 10.9 Å². The zero-order valence-corrected chi connectivity index (χ0v) is 16.1. The lowest BCUT2D eigenvalue weighted by molar-refractivity contribution is -0.123. The predicted octanol–water partition coefficient (Wildman–Crippen LogP) is 3.78. The summed E-state index contributed by atoms with van der Waals surface area (Å²) >= 11 is 4.57. The molecule has 0 bridgehead atoms. The van der Waals surface area contributed by atoms with Gasteiger partial charge in [0.05, 0.1) is 8.66 Å². The van der Waals surface area contributed by atoms with Gasteiger partial charge >= 0.3 is 0 Å². The van der Waals surface area contributed by atoms with E-state index in [4.69, 9.17) is 4.74 Å². The van der Waals surface area contributed by atoms with Crippen molar-refractivity contribution in [3.63, 3.8) is 0 Å². The van der Waals surface area contributed by atoms with E-state index in [0.717, 1.165) is 14.9 Å². The molecule has 0 aliphatic carbocycles. The van der Waals surface area contributed by atoms with Gasteiger partial charge in [0.25, 0.3) is 11.8 Å². The molecule has 0 aliphatic rings. The smallest absolute Gasteiger partial charge is 0.279 e. The summed E-state index contributed by atoms with van der Waals surface area (Å²) in [4.78, 5) is 24.2. The average molecular weight is 411 g/mol. The maximum Gasteiger partial charge on any atom is 0.279 e. The summed E-state index contributed by atoms with van der Waals surface area (Å²) in [6.45, 7) is 5.95. The molecule has 2 aromatic rings. The first-order valence-electron chi connectivity index (χ1n) is 7.44. The number of rotatable bonds is 5. The van der Waals surface area contributed by atoms with Gasteiger partial charge in [-0.3, -0.25) is 20.4 Å². The van der Waals surface area contributed by atoms with Crippen LogP contribution >= 0.6 is 27.3 Å². The van der Waals surface area contributed by atoms with E-state index in [1.54, 1.807) is 12.1 Å². The topological polar surface area (TPSA) is 67.4 Å². The van der Waals surface area contributed by atoms with Crippen LogP contribution in [0, 0.1) is 6.92 Å². The van der Waals surface area contributed by atoms with Gasteiger partial charge in [-0.25, -0.2) is 0 Å². The molecular formula is C17H19BrN2O3S. The quantitative estimate of drug-likeness (QED) is 0.736. The number of aryl methyl sites for hydroxylation is 1. The molecule has 1 aromatic heterocycles. The van der Waals surface area contributed by atoms with Crippen LogP contribution in [0.1, 0.15) is 40.6 Å². The van der Waals surface area contributed by atoms with Crippen LogP contribution in [-0.2, 0) is 4.79 Å². The molecule has 128 valence electrons. The number of hydrogen-bond donors (Lipinski definition) is 2. The Balaban J connectivity index is 1.85. The zero-order valence-electron chi connectivity index (χ0n) is 13.7. The molecule has 2 N–H and O–H groups in total. The van der Waals surface area contributed by atoms with E-state index in [1.165, 1.54) is 11.3 Å². The molecule has 7 heteroatoms. The minimum atomic E-state index is -0.423. The number of hydrogen-bond acceptors (Lipinski definition) is 4. The molecular weight excluding hydrogens is 392 g/mol. The van der Waals surface area contributed by atoms with Gasteiger partial charge in [-0.05, 0) is 58.1 Å². The van der Waals surface area contributed by atoms with E-state index in [0.29, 0.717) is 16.5 Å². The predicted molar refractivity (Wildman–Crippen MR) is 98.4 cm³/mol. The number of carbonyl (C=O) groups excluding carboxylic acids is 2.